The van der Waals surface area contributed by atoms with E-state index in [-0.39, 0.29) is 5.69 Å². The molecular weight excluding hydrogens is 380 g/mol. The second-order valence-electron chi connectivity index (χ2n) is 6.13. The van der Waals surface area contributed by atoms with Gasteiger partial charge in [-0.3, -0.25) is 24.4 Å². The maximum Gasteiger partial charge on any atom is 0.295 e. The lowest BCUT2D eigenvalue weighted by Gasteiger charge is -2.10. The smallest absolute Gasteiger partial charge is 0.295 e. The summed E-state index contributed by atoms with van der Waals surface area (Å²) >= 11 is 0. The molecule has 29 heavy (non-hydrogen) atoms. The Balaban J connectivity index is 2.08. The van der Waals surface area contributed by atoms with Crippen LogP contribution >= 0.6 is 0 Å². The molecule has 0 unspecified atom stereocenters. The van der Waals surface area contributed by atoms with E-state index in [4.69, 9.17) is 0 Å². The van der Waals surface area contributed by atoms with Crippen molar-refractivity contribution in [1.29, 1.82) is 0 Å². The number of hydrogen-bond donors (Lipinski definition) is 1. The third kappa shape index (κ3) is 3.38. The number of amides is 1. The molecule has 1 amide bonds. The Morgan fingerprint density at radius 2 is 1.72 bits per heavy atom. The van der Waals surface area contributed by atoms with E-state index < -0.39 is 39.2 Å². The second kappa shape index (κ2) is 7.43. The minimum Gasteiger partial charge on any atom is -0.545 e. The monoisotopic (exact) mass is 395 g/mol. The van der Waals surface area contributed by atoms with Gasteiger partial charge in [0.2, 0.25) is 0 Å². The average Bonchev–Trinajstić information content (AvgIpc) is 2.91. The first kappa shape index (κ1) is 19.5. The van der Waals surface area contributed by atoms with Crippen molar-refractivity contribution >= 4 is 23.3 Å². The normalized spacial score (nSPS) is 10.6. The Hall–Kier alpha value is -4.21. The lowest BCUT2D eigenvalue weighted by Crippen LogP contribution is -2.28. The molecule has 0 bridgehead atoms. The van der Waals surface area contributed by atoms with Gasteiger partial charge in [0.15, 0.2) is 0 Å². The van der Waals surface area contributed by atoms with Crippen molar-refractivity contribution in [1.82, 2.24) is 9.36 Å². The fourth-order valence-electron chi connectivity index (χ4n) is 2.99. The number of carbonyl (C=O) groups is 2. The minimum atomic E-state index is -1.87. The Bertz CT molecular complexity index is 1190. The second-order valence-corrected chi connectivity index (χ2v) is 6.13. The number of benzene rings is 2. The molecule has 1 heterocycles. The van der Waals surface area contributed by atoms with Crippen LogP contribution in [0.4, 0.5) is 11.4 Å². The first-order valence-electron chi connectivity index (χ1n) is 8.38. The predicted octanol–water partition coefficient (Wildman–Crippen LogP) is 1.01. The van der Waals surface area contributed by atoms with Crippen LogP contribution in [-0.2, 0) is 7.05 Å². The van der Waals surface area contributed by atoms with E-state index in [9.17, 15) is 29.6 Å². The van der Waals surface area contributed by atoms with Gasteiger partial charge < -0.3 is 15.2 Å². The van der Waals surface area contributed by atoms with E-state index in [1.54, 1.807) is 44.3 Å². The SMILES string of the molecule is Cc1c(NC(=O)c2cccc([N+](=O)[O-])c2C(=O)[O-])c(=O)n(-c2ccccc2)n1C. The molecule has 0 fully saturated rings. The highest BCUT2D eigenvalue weighted by Crippen LogP contribution is 2.23. The maximum absolute atomic E-state index is 12.9. The number of anilines is 1. The van der Waals surface area contributed by atoms with E-state index in [1.807, 2.05) is 0 Å². The number of carbonyl (C=O) groups excluding carboxylic acids is 2. The van der Waals surface area contributed by atoms with Gasteiger partial charge in [-0.2, -0.15) is 0 Å². The summed E-state index contributed by atoms with van der Waals surface area (Å²) in [5.41, 5.74) is -1.74. The molecule has 0 aliphatic carbocycles. The molecule has 3 rings (SSSR count). The lowest BCUT2D eigenvalue weighted by atomic mass is 10.0. The number of nitro benzene ring substituents is 1. The van der Waals surface area contributed by atoms with Gasteiger partial charge in [0.05, 0.1) is 33.4 Å². The summed E-state index contributed by atoms with van der Waals surface area (Å²) < 4.78 is 2.86. The van der Waals surface area contributed by atoms with E-state index in [0.29, 0.717) is 11.4 Å². The van der Waals surface area contributed by atoms with Crippen LogP contribution in [0.15, 0.2) is 53.3 Å². The van der Waals surface area contributed by atoms with Gasteiger partial charge in [0.1, 0.15) is 5.69 Å². The molecule has 2 aromatic carbocycles. The van der Waals surface area contributed by atoms with Crippen LogP contribution in [0, 0.1) is 17.0 Å². The fraction of sp³-hybridized carbons (Fsp3) is 0.105. The van der Waals surface area contributed by atoms with Crippen molar-refractivity contribution in [3.63, 3.8) is 0 Å². The van der Waals surface area contributed by atoms with Gasteiger partial charge >= 0.3 is 0 Å². The summed E-state index contributed by atoms with van der Waals surface area (Å²) in [6.07, 6.45) is 0. The zero-order valence-corrected chi connectivity index (χ0v) is 15.4. The zero-order chi connectivity index (χ0) is 21.3. The Morgan fingerprint density at radius 1 is 1.07 bits per heavy atom. The topological polar surface area (TPSA) is 139 Å². The standard InChI is InChI=1S/C19H16N4O6/c1-11-16(18(25)22(21(11)2)12-7-4-3-5-8-12)20-17(24)13-9-6-10-14(23(28)29)15(13)19(26)27/h3-10H,1-2H3,(H,20,24)(H,26,27)/p-1. The number of hydrogen-bond acceptors (Lipinski definition) is 6. The first-order chi connectivity index (χ1) is 13.7. The molecule has 1 aromatic heterocycles. The number of aromatic carboxylic acids is 1. The van der Waals surface area contributed by atoms with Crippen LogP contribution in [0.3, 0.4) is 0 Å². The number of rotatable bonds is 5. The highest BCUT2D eigenvalue weighted by atomic mass is 16.6. The third-order valence-electron chi connectivity index (χ3n) is 4.48. The van der Waals surface area contributed by atoms with E-state index >= 15 is 0 Å². The van der Waals surface area contributed by atoms with Crippen LogP contribution in [0.5, 0.6) is 0 Å². The molecule has 10 nitrogen and oxygen atoms in total. The molecule has 1 N–H and O–H groups in total. The quantitative estimate of drug-likeness (QED) is 0.505. The molecule has 10 heteroatoms. The number of nitro groups is 1. The van der Waals surface area contributed by atoms with Crippen molar-refractivity contribution in [2.24, 2.45) is 7.05 Å². The number of para-hydroxylation sites is 1. The van der Waals surface area contributed by atoms with E-state index in [0.717, 1.165) is 12.1 Å². The molecule has 0 saturated heterocycles. The molecule has 0 aliphatic rings. The Kier molecular flexibility index (Phi) is 5.01. The molecule has 0 atom stereocenters. The Labute approximate surface area is 163 Å². The van der Waals surface area contributed by atoms with Crippen molar-refractivity contribution in [2.75, 3.05) is 5.32 Å². The van der Waals surface area contributed by atoms with Gasteiger partial charge in [-0.15, -0.1) is 0 Å². The van der Waals surface area contributed by atoms with Crippen LogP contribution in [0.1, 0.15) is 26.4 Å². The summed E-state index contributed by atoms with van der Waals surface area (Å²) in [4.78, 5) is 47.2. The highest BCUT2D eigenvalue weighted by molar-refractivity contribution is 6.12. The van der Waals surface area contributed by atoms with Crippen molar-refractivity contribution in [3.05, 3.63) is 85.8 Å². The summed E-state index contributed by atoms with van der Waals surface area (Å²) in [6.45, 7) is 1.60. The van der Waals surface area contributed by atoms with E-state index in [1.165, 1.54) is 15.4 Å². The van der Waals surface area contributed by atoms with Gasteiger partial charge in [-0.1, -0.05) is 24.3 Å². The zero-order valence-electron chi connectivity index (χ0n) is 15.4. The van der Waals surface area contributed by atoms with Gasteiger partial charge in [-0.05, 0) is 25.1 Å². The molecule has 148 valence electrons. The first-order valence-corrected chi connectivity index (χ1v) is 8.38. The molecule has 0 radical (unpaired) electrons. The summed E-state index contributed by atoms with van der Waals surface area (Å²) in [5, 5.41) is 24.9. The van der Waals surface area contributed by atoms with Crippen molar-refractivity contribution in [3.8, 4) is 5.69 Å². The van der Waals surface area contributed by atoms with Crippen LogP contribution in [-0.4, -0.2) is 26.2 Å². The average molecular weight is 395 g/mol. The van der Waals surface area contributed by atoms with Crippen LogP contribution in [0.2, 0.25) is 0 Å². The number of carboxylic acids is 1. The largest absolute Gasteiger partial charge is 0.545 e. The molecular formula is C19H15N4O6-. The van der Waals surface area contributed by atoms with Crippen molar-refractivity contribution < 1.29 is 19.6 Å². The van der Waals surface area contributed by atoms with Gasteiger partial charge in [0, 0.05) is 13.1 Å². The minimum absolute atomic E-state index is 0.0721. The summed E-state index contributed by atoms with van der Waals surface area (Å²) in [5.74, 6) is -2.84. The van der Waals surface area contributed by atoms with Crippen LogP contribution < -0.4 is 16.0 Å². The lowest BCUT2D eigenvalue weighted by molar-refractivity contribution is -0.385. The molecule has 0 saturated carbocycles. The van der Waals surface area contributed by atoms with Crippen molar-refractivity contribution in [2.45, 2.75) is 6.92 Å². The molecule has 0 spiro atoms. The fourth-order valence-corrected chi connectivity index (χ4v) is 2.99. The summed E-state index contributed by atoms with van der Waals surface area (Å²) in [7, 11) is 1.62. The summed E-state index contributed by atoms with van der Waals surface area (Å²) in [6, 6.07) is 12.0. The highest BCUT2D eigenvalue weighted by Gasteiger charge is 2.25. The number of carboxylic acid groups (broad SMARTS) is 1. The van der Waals surface area contributed by atoms with Gasteiger partial charge in [0.25, 0.3) is 17.2 Å². The van der Waals surface area contributed by atoms with E-state index in [2.05, 4.69) is 5.32 Å². The predicted molar refractivity (Wildman–Crippen MR) is 101 cm³/mol. The molecule has 0 aliphatic heterocycles. The maximum atomic E-state index is 12.9. The Morgan fingerprint density at radius 3 is 2.31 bits per heavy atom. The number of nitrogens with zero attached hydrogens (tertiary/aromatic N) is 3. The number of aromatic nitrogens is 2. The molecule has 3 aromatic rings. The van der Waals surface area contributed by atoms with Crippen LogP contribution in [0.25, 0.3) is 5.69 Å². The third-order valence-corrected chi connectivity index (χ3v) is 4.48. The van der Waals surface area contributed by atoms with Gasteiger partial charge in [-0.25, -0.2) is 4.68 Å². The number of nitrogens with one attached hydrogen (secondary N) is 1.